The normalized spacial score (nSPS) is 22.7. The van der Waals surface area contributed by atoms with E-state index < -0.39 is 17.2 Å². The molecule has 0 saturated heterocycles. The van der Waals surface area contributed by atoms with Crippen LogP contribution in [0, 0.1) is 0 Å². The number of amides is 2. The quantitative estimate of drug-likeness (QED) is 0.670. The first-order valence-corrected chi connectivity index (χ1v) is 11.1. The molecule has 3 rings (SSSR count). The molecule has 0 aliphatic heterocycles. The summed E-state index contributed by atoms with van der Waals surface area (Å²) in [4.78, 5) is 36.6. The van der Waals surface area contributed by atoms with Crippen LogP contribution in [0.25, 0.3) is 0 Å². The minimum Gasteiger partial charge on any atom is -0.489 e. The third-order valence-corrected chi connectivity index (χ3v) is 5.97. The van der Waals surface area contributed by atoms with Gasteiger partial charge in [0.05, 0.1) is 10.6 Å². The molecule has 0 unspecified atom stereocenters. The van der Waals surface area contributed by atoms with Crippen molar-refractivity contribution in [3.05, 3.63) is 27.1 Å². The number of ether oxygens (including phenoxy) is 2. The average Bonchev–Trinajstić information content (AvgIpc) is 3.40. The number of aromatic nitrogens is 1. The number of nitrogens with one attached hydrogen (secondary N) is 2. The number of pyridine rings is 1. The maximum Gasteiger partial charge on any atom is 0.408 e. The number of carbonyl (C=O) groups excluding carboxylic acids is 2. The molecule has 2 N–H and O–H groups in total. The third-order valence-electron chi connectivity index (χ3n) is 5.37. The first kappa shape index (κ1) is 22.7. The molecule has 1 heterocycles. The van der Waals surface area contributed by atoms with Crippen LogP contribution in [-0.2, 0) is 16.6 Å². The molecule has 166 valence electrons. The van der Waals surface area contributed by atoms with Crippen molar-refractivity contribution in [1.82, 2.24) is 15.2 Å². The molecule has 0 atom stereocenters. The van der Waals surface area contributed by atoms with Crippen LogP contribution in [0.4, 0.5) is 4.79 Å². The number of hydrogen-bond donors (Lipinski definition) is 2. The Bertz CT molecular complexity index is 864. The third kappa shape index (κ3) is 5.77. The van der Waals surface area contributed by atoms with Crippen LogP contribution in [0.2, 0.25) is 0 Å². The minimum absolute atomic E-state index is 0.00340. The fraction of sp³-hybridized carbons (Fsp3) is 0.667. The summed E-state index contributed by atoms with van der Waals surface area (Å²) in [6.07, 6.45) is 5.47. The van der Waals surface area contributed by atoms with Gasteiger partial charge in [0.15, 0.2) is 0 Å². The van der Waals surface area contributed by atoms with Gasteiger partial charge in [-0.1, -0.05) is 0 Å². The maximum atomic E-state index is 12.7. The van der Waals surface area contributed by atoms with Gasteiger partial charge >= 0.3 is 6.09 Å². The molecular weight excluding hydrogens is 454 g/mol. The van der Waals surface area contributed by atoms with Gasteiger partial charge in [-0.3, -0.25) is 9.59 Å². The van der Waals surface area contributed by atoms with Gasteiger partial charge in [0.25, 0.3) is 5.56 Å². The lowest BCUT2D eigenvalue weighted by molar-refractivity contribution is -0.125. The maximum absolute atomic E-state index is 12.7. The average molecular weight is 484 g/mol. The summed E-state index contributed by atoms with van der Waals surface area (Å²) in [7, 11) is 1.69. The zero-order chi connectivity index (χ0) is 22.1. The Labute approximate surface area is 184 Å². The highest BCUT2D eigenvalue weighted by atomic mass is 79.9. The van der Waals surface area contributed by atoms with E-state index in [0.29, 0.717) is 18.6 Å². The fourth-order valence-electron chi connectivity index (χ4n) is 3.53. The number of nitrogens with zero attached hydrogens (tertiary/aromatic N) is 1. The van der Waals surface area contributed by atoms with E-state index in [2.05, 4.69) is 26.6 Å². The van der Waals surface area contributed by atoms with Crippen molar-refractivity contribution >= 4 is 27.9 Å². The Kier molecular flexibility index (Phi) is 6.50. The summed E-state index contributed by atoms with van der Waals surface area (Å²) < 4.78 is 13.5. The summed E-state index contributed by atoms with van der Waals surface area (Å²) >= 11 is 3.43. The minimum atomic E-state index is -0.843. The molecule has 30 heavy (non-hydrogen) atoms. The van der Waals surface area contributed by atoms with Crippen molar-refractivity contribution in [1.29, 1.82) is 0 Å². The second-order valence-electron chi connectivity index (χ2n) is 9.21. The van der Waals surface area contributed by atoms with E-state index in [1.54, 1.807) is 34.0 Å². The predicted molar refractivity (Wildman–Crippen MR) is 116 cm³/mol. The van der Waals surface area contributed by atoms with E-state index in [4.69, 9.17) is 9.47 Å². The molecule has 2 aliphatic carbocycles. The van der Waals surface area contributed by atoms with Gasteiger partial charge in [-0.05, 0) is 75.2 Å². The Hall–Kier alpha value is -2.03. The lowest BCUT2D eigenvalue weighted by Gasteiger charge is -2.31. The number of hydrogen-bond acceptors (Lipinski definition) is 5. The number of alkyl carbamates (subject to hydrolysis) is 1. The Morgan fingerprint density at radius 3 is 2.40 bits per heavy atom. The second-order valence-corrected chi connectivity index (χ2v) is 10.1. The van der Waals surface area contributed by atoms with Crippen LogP contribution in [0.15, 0.2) is 21.5 Å². The van der Waals surface area contributed by atoms with E-state index in [9.17, 15) is 14.4 Å². The highest BCUT2D eigenvalue weighted by Crippen LogP contribution is 2.36. The van der Waals surface area contributed by atoms with Gasteiger partial charge in [0.1, 0.15) is 16.9 Å². The molecule has 0 bridgehead atoms. The van der Waals surface area contributed by atoms with Crippen LogP contribution in [0.5, 0.6) is 5.75 Å². The van der Waals surface area contributed by atoms with Gasteiger partial charge in [0.2, 0.25) is 5.91 Å². The van der Waals surface area contributed by atoms with Crippen molar-refractivity contribution in [2.75, 3.05) is 0 Å². The van der Waals surface area contributed by atoms with E-state index in [1.807, 2.05) is 0 Å². The number of rotatable bonds is 5. The van der Waals surface area contributed by atoms with E-state index in [1.165, 1.54) is 10.6 Å². The molecular formula is C21H30BrN3O5. The molecule has 2 amide bonds. The first-order chi connectivity index (χ1) is 14.0. The van der Waals surface area contributed by atoms with Crippen LogP contribution in [0.3, 0.4) is 0 Å². The van der Waals surface area contributed by atoms with Gasteiger partial charge in [-0.15, -0.1) is 0 Å². The summed E-state index contributed by atoms with van der Waals surface area (Å²) in [6, 6.07) is 1.53. The molecule has 0 aromatic carbocycles. The molecule has 9 heteroatoms. The molecule has 8 nitrogen and oxygen atoms in total. The molecule has 2 fully saturated rings. The van der Waals surface area contributed by atoms with Gasteiger partial charge in [-0.25, -0.2) is 4.79 Å². The van der Waals surface area contributed by atoms with E-state index >= 15 is 0 Å². The fourth-order valence-corrected chi connectivity index (χ4v) is 4.05. The molecule has 1 aromatic heterocycles. The summed E-state index contributed by atoms with van der Waals surface area (Å²) in [6.45, 7) is 5.37. The Balaban J connectivity index is 1.48. The predicted octanol–water partition coefficient (Wildman–Crippen LogP) is 3.01. The topological polar surface area (TPSA) is 98.7 Å². The van der Waals surface area contributed by atoms with Crippen LogP contribution in [0.1, 0.15) is 59.3 Å². The molecule has 0 radical (unpaired) electrons. The summed E-state index contributed by atoms with van der Waals surface area (Å²) in [5, 5.41) is 5.81. The first-order valence-electron chi connectivity index (χ1n) is 10.3. The van der Waals surface area contributed by atoms with Crippen molar-refractivity contribution in [3.63, 3.8) is 0 Å². The highest BCUT2D eigenvalue weighted by Gasteiger charge is 2.52. The molecule has 2 aliphatic rings. The van der Waals surface area contributed by atoms with E-state index in [0.717, 1.165) is 30.2 Å². The van der Waals surface area contributed by atoms with Crippen LogP contribution in [-0.4, -0.2) is 39.9 Å². The Morgan fingerprint density at radius 2 is 1.83 bits per heavy atom. The largest absolute Gasteiger partial charge is 0.489 e. The molecule has 2 saturated carbocycles. The number of aryl methyl sites for hydroxylation is 1. The van der Waals surface area contributed by atoms with Gasteiger partial charge in [0, 0.05) is 25.4 Å². The van der Waals surface area contributed by atoms with Crippen molar-refractivity contribution in [2.24, 2.45) is 7.05 Å². The number of carbonyl (C=O) groups is 2. The highest BCUT2D eigenvalue weighted by molar-refractivity contribution is 9.10. The molecule has 0 spiro atoms. The SMILES string of the molecule is Cn1cc(Br)c(OC2CCC(NC(=O)C3(NC(=O)OC(C)(C)C)CC3)CC2)cc1=O. The van der Waals surface area contributed by atoms with Gasteiger partial charge in [-0.2, -0.15) is 0 Å². The second kappa shape index (κ2) is 8.61. The zero-order valence-corrected chi connectivity index (χ0v) is 19.5. The lowest BCUT2D eigenvalue weighted by Crippen LogP contribution is -2.53. The summed E-state index contributed by atoms with van der Waals surface area (Å²) in [5.41, 5.74) is -1.57. The standard InChI is InChI=1S/C21H30BrN3O5/c1-20(2,3)30-19(28)24-21(9-10-21)18(27)23-13-5-7-14(8-6-13)29-16-11-17(26)25(4)12-15(16)22/h11-14H,5-10H2,1-4H3,(H,23,27)(H,24,28). The van der Waals surface area contributed by atoms with Crippen molar-refractivity contribution in [2.45, 2.75) is 82.6 Å². The smallest absolute Gasteiger partial charge is 0.408 e. The summed E-state index contributed by atoms with van der Waals surface area (Å²) in [5.74, 6) is 0.399. The van der Waals surface area contributed by atoms with E-state index in [-0.39, 0.29) is 23.6 Å². The lowest BCUT2D eigenvalue weighted by atomic mass is 9.92. The molecule has 1 aromatic rings. The van der Waals surface area contributed by atoms with Crippen LogP contribution >= 0.6 is 15.9 Å². The van der Waals surface area contributed by atoms with Crippen molar-refractivity contribution < 1.29 is 19.1 Å². The zero-order valence-electron chi connectivity index (χ0n) is 17.9. The number of halogens is 1. The van der Waals surface area contributed by atoms with Gasteiger partial charge < -0.3 is 24.7 Å². The monoisotopic (exact) mass is 483 g/mol. The van der Waals surface area contributed by atoms with Crippen LogP contribution < -0.4 is 20.9 Å². The Morgan fingerprint density at radius 1 is 1.20 bits per heavy atom. The van der Waals surface area contributed by atoms with Crippen molar-refractivity contribution in [3.8, 4) is 5.75 Å².